The number of phenolic OH excluding ortho intramolecular Hbond substituents is 2. The lowest BCUT2D eigenvalue weighted by Gasteiger charge is -2.01. The van der Waals surface area contributed by atoms with Gasteiger partial charge in [0.15, 0.2) is 0 Å². The number of nitrogens with one attached hydrogen (secondary N) is 1. The smallest absolute Gasteiger partial charge is 0.128 e. The topological polar surface area (TPSA) is 56.2 Å². The van der Waals surface area contributed by atoms with E-state index in [1.54, 1.807) is 12.3 Å². The van der Waals surface area contributed by atoms with E-state index in [4.69, 9.17) is 5.11 Å². The van der Waals surface area contributed by atoms with Gasteiger partial charge in [-0.3, -0.25) is 0 Å². The van der Waals surface area contributed by atoms with Crippen molar-refractivity contribution in [1.82, 2.24) is 4.98 Å². The van der Waals surface area contributed by atoms with E-state index in [-0.39, 0.29) is 11.5 Å². The molecule has 2 rings (SSSR count). The van der Waals surface area contributed by atoms with Gasteiger partial charge in [0.2, 0.25) is 0 Å². The molecule has 0 unspecified atom stereocenters. The van der Waals surface area contributed by atoms with Crippen LogP contribution in [-0.4, -0.2) is 15.2 Å². The number of H-pyrrole nitrogens is 1. The van der Waals surface area contributed by atoms with Crippen LogP contribution in [0.5, 0.6) is 11.5 Å². The Kier molecular flexibility index (Phi) is 1.70. The molecule has 2 aromatic rings. The Hall–Kier alpha value is -1.90. The molecule has 0 radical (unpaired) electrons. The maximum atomic E-state index is 9.48. The predicted octanol–water partition coefficient (Wildman–Crippen LogP) is 2.09. The Morgan fingerprint density at radius 1 is 1.08 bits per heavy atom. The number of hydrogen-bond donors (Lipinski definition) is 3. The molecule has 3 N–H and O–H groups in total. The van der Waals surface area contributed by atoms with E-state index in [2.05, 4.69) is 4.98 Å². The number of benzene rings is 1. The molecule has 0 atom stereocenters. The average molecular weight is 175 g/mol. The maximum Gasteiger partial charge on any atom is 0.128 e. The maximum absolute atomic E-state index is 9.48. The molecule has 0 aliphatic carbocycles. The largest absolute Gasteiger partial charge is 0.508 e. The normalized spacial score (nSPS) is 10.2. The minimum Gasteiger partial charge on any atom is -0.508 e. The SMILES string of the molecule is Oc1ccc(-c2ccc[nH]2)c(O)c1. The summed E-state index contributed by atoms with van der Waals surface area (Å²) in [6.45, 7) is 0. The van der Waals surface area contributed by atoms with Gasteiger partial charge in [-0.2, -0.15) is 0 Å². The third-order valence-corrected chi connectivity index (χ3v) is 1.87. The van der Waals surface area contributed by atoms with Crippen LogP contribution in [0, 0.1) is 0 Å². The number of rotatable bonds is 1. The summed E-state index contributed by atoms with van der Waals surface area (Å²) in [5, 5.41) is 18.5. The summed E-state index contributed by atoms with van der Waals surface area (Å²) in [4.78, 5) is 2.97. The minimum absolute atomic E-state index is 0.0628. The summed E-state index contributed by atoms with van der Waals surface area (Å²) < 4.78 is 0. The van der Waals surface area contributed by atoms with E-state index in [9.17, 15) is 5.11 Å². The average Bonchev–Trinajstić information content (AvgIpc) is 2.56. The molecule has 1 aromatic carbocycles. The molecule has 1 heterocycles. The van der Waals surface area contributed by atoms with Crippen molar-refractivity contribution >= 4 is 0 Å². The van der Waals surface area contributed by atoms with Crippen LogP contribution in [0.1, 0.15) is 0 Å². The zero-order valence-electron chi connectivity index (χ0n) is 6.86. The second-order valence-electron chi connectivity index (χ2n) is 2.79. The van der Waals surface area contributed by atoms with Crippen LogP contribution in [0.4, 0.5) is 0 Å². The van der Waals surface area contributed by atoms with E-state index >= 15 is 0 Å². The van der Waals surface area contributed by atoms with E-state index in [1.165, 1.54) is 12.1 Å². The van der Waals surface area contributed by atoms with Crippen LogP contribution in [-0.2, 0) is 0 Å². The van der Waals surface area contributed by atoms with Gasteiger partial charge >= 0.3 is 0 Å². The highest BCUT2D eigenvalue weighted by Crippen LogP contribution is 2.30. The van der Waals surface area contributed by atoms with Crippen LogP contribution in [0.15, 0.2) is 36.5 Å². The molecule has 0 fully saturated rings. The zero-order chi connectivity index (χ0) is 9.26. The highest BCUT2D eigenvalue weighted by molar-refractivity contribution is 5.67. The van der Waals surface area contributed by atoms with Crippen LogP contribution in [0.25, 0.3) is 11.3 Å². The van der Waals surface area contributed by atoms with Crippen LogP contribution >= 0.6 is 0 Å². The summed E-state index contributed by atoms with van der Waals surface area (Å²) >= 11 is 0. The van der Waals surface area contributed by atoms with Gasteiger partial charge in [0.25, 0.3) is 0 Å². The third kappa shape index (κ3) is 1.36. The van der Waals surface area contributed by atoms with E-state index in [1.807, 2.05) is 12.1 Å². The monoisotopic (exact) mass is 175 g/mol. The Labute approximate surface area is 75.3 Å². The number of aromatic amines is 1. The first kappa shape index (κ1) is 7.73. The first-order valence-electron chi connectivity index (χ1n) is 3.93. The predicted molar refractivity (Wildman–Crippen MR) is 49.6 cm³/mol. The zero-order valence-corrected chi connectivity index (χ0v) is 6.86. The molecule has 0 aliphatic heterocycles. The van der Waals surface area contributed by atoms with Crippen molar-refractivity contribution in [2.45, 2.75) is 0 Å². The second kappa shape index (κ2) is 2.86. The van der Waals surface area contributed by atoms with Gasteiger partial charge in [0.05, 0.1) is 0 Å². The molecule has 66 valence electrons. The first-order chi connectivity index (χ1) is 6.27. The van der Waals surface area contributed by atoms with Crippen molar-refractivity contribution in [3.05, 3.63) is 36.5 Å². The van der Waals surface area contributed by atoms with Crippen molar-refractivity contribution in [2.75, 3.05) is 0 Å². The summed E-state index contributed by atoms with van der Waals surface area (Å²) in [6.07, 6.45) is 1.78. The van der Waals surface area contributed by atoms with Gasteiger partial charge in [0.1, 0.15) is 11.5 Å². The van der Waals surface area contributed by atoms with Crippen molar-refractivity contribution < 1.29 is 10.2 Å². The Morgan fingerprint density at radius 2 is 1.92 bits per heavy atom. The summed E-state index contributed by atoms with van der Waals surface area (Å²) in [5.74, 6) is 0.134. The van der Waals surface area contributed by atoms with E-state index in [0.717, 1.165) is 5.69 Å². The van der Waals surface area contributed by atoms with Crippen LogP contribution < -0.4 is 0 Å². The first-order valence-corrected chi connectivity index (χ1v) is 3.93. The Bertz CT molecular complexity index is 407. The molecular weight excluding hydrogens is 166 g/mol. The molecule has 13 heavy (non-hydrogen) atoms. The molecule has 0 amide bonds. The van der Waals surface area contributed by atoms with E-state index < -0.39 is 0 Å². The van der Waals surface area contributed by atoms with Crippen molar-refractivity contribution in [1.29, 1.82) is 0 Å². The lowest BCUT2D eigenvalue weighted by molar-refractivity contribution is 0.452. The van der Waals surface area contributed by atoms with Crippen molar-refractivity contribution in [2.24, 2.45) is 0 Å². The van der Waals surface area contributed by atoms with Crippen LogP contribution in [0.3, 0.4) is 0 Å². The van der Waals surface area contributed by atoms with Gasteiger partial charge in [-0.05, 0) is 24.3 Å². The Balaban J connectivity index is 2.53. The molecule has 1 aromatic heterocycles. The fraction of sp³-hybridized carbons (Fsp3) is 0. The third-order valence-electron chi connectivity index (χ3n) is 1.87. The second-order valence-corrected chi connectivity index (χ2v) is 2.79. The molecule has 3 nitrogen and oxygen atoms in total. The lowest BCUT2D eigenvalue weighted by Crippen LogP contribution is -1.77. The molecule has 0 spiro atoms. The Morgan fingerprint density at radius 3 is 2.54 bits per heavy atom. The fourth-order valence-electron chi connectivity index (χ4n) is 1.25. The molecule has 0 aliphatic rings. The highest BCUT2D eigenvalue weighted by Gasteiger charge is 2.04. The highest BCUT2D eigenvalue weighted by atomic mass is 16.3. The molecule has 3 heteroatoms. The summed E-state index contributed by atoms with van der Waals surface area (Å²) in [6, 6.07) is 8.22. The number of phenols is 2. The quantitative estimate of drug-likeness (QED) is 0.621. The number of hydrogen-bond acceptors (Lipinski definition) is 2. The van der Waals surface area contributed by atoms with Gasteiger partial charge < -0.3 is 15.2 Å². The summed E-state index contributed by atoms with van der Waals surface area (Å²) in [5.41, 5.74) is 1.51. The van der Waals surface area contributed by atoms with Gasteiger partial charge in [-0.15, -0.1) is 0 Å². The molecule has 0 saturated carbocycles. The number of aromatic nitrogens is 1. The summed E-state index contributed by atoms with van der Waals surface area (Å²) in [7, 11) is 0. The fourth-order valence-corrected chi connectivity index (χ4v) is 1.25. The van der Waals surface area contributed by atoms with Gasteiger partial charge in [-0.1, -0.05) is 0 Å². The van der Waals surface area contributed by atoms with Crippen molar-refractivity contribution in [3.63, 3.8) is 0 Å². The molecular formula is C10H9NO2. The minimum atomic E-state index is 0.0628. The van der Waals surface area contributed by atoms with Gasteiger partial charge in [-0.25, -0.2) is 0 Å². The molecule has 0 bridgehead atoms. The van der Waals surface area contributed by atoms with E-state index in [0.29, 0.717) is 5.56 Å². The standard InChI is InChI=1S/C10H9NO2/c12-7-3-4-8(10(13)6-7)9-2-1-5-11-9/h1-6,11-13H. The molecule has 0 saturated heterocycles. The van der Waals surface area contributed by atoms with Crippen molar-refractivity contribution in [3.8, 4) is 22.8 Å². The lowest BCUT2D eigenvalue weighted by atomic mass is 10.1. The number of aromatic hydroxyl groups is 2. The van der Waals surface area contributed by atoms with Gasteiger partial charge in [0, 0.05) is 23.5 Å². The van der Waals surface area contributed by atoms with Crippen LogP contribution in [0.2, 0.25) is 0 Å².